The van der Waals surface area contributed by atoms with Gasteiger partial charge in [0.1, 0.15) is 0 Å². The second-order valence-corrected chi connectivity index (χ2v) is 4.83. The molecular formula is C15H16N2O. The summed E-state index contributed by atoms with van der Waals surface area (Å²) in [7, 11) is 0. The molecule has 1 aliphatic heterocycles. The molecule has 0 N–H and O–H groups in total. The van der Waals surface area contributed by atoms with Gasteiger partial charge in [0.05, 0.1) is 11.6 Å². The summed E-state index contributed by atoms with van der Waals surface area (Å²) >= 11 is 0. The van der Waals surface area contributed by atoms with Crippen molar-refractivity contribution < 1.29 is 4.79 Å². The molecule has 2 aromatic rings. The van der Waals surface area contributed by atoms with E-state index in [1.54, 1.807) is 13.1 Å². The molecule has 1 aromatic carbocycles. The van der Waals surface area contributed by atoms with Crippen LogP contribution in [0.2, 0.25) is 0 Å². The molecule has 1 amide bonds. The fourth-order valence-corrected chi connectivity index (χ4v) is 2.79. The van der Waals surface area contributed by atoms with E-state index in [0.29, 0.717) is 0 Å². The first-order chi connectivity index (χ1) is 8.75. The van der Waals surface area contributed by atoms with Crippen molar-refractivity contribution >= 4 is 16.8 Å². The molecule has 0 radical (unpaired) electrons. The van der Waals surface area contributed by atoms with Gasteiger partial charge in [0, 0.05) is 25.1 Å². The molecule has 1 saturated heterocycles. The second kappa shape index (κ2) is 4.41. The van der Waals surface area contributed by atoms with Gasteiger partial charge in [-0.1, -0.05) is 12.1 Å². The van der Waals surface area contributed by atoms with Crippen LogP contribution in [0.3, 0.4) is 0 Å². The summed E-state index contributed by atoms with van der Waals surface area (Å²) < 4.78 is 0. The van der Waals surface area contributed by atoms with Gasteiger partial charge in [-0.2, -0.15) is 0 Å². The number of nitrogens with zero attached hydrogens (tertiary/aromatic N) is 2. The largest absolute Gasteiger partial charge is 0.336 e. The Morgan fingerprint density at radius 1 is 1.39 bits per heavy atom. The topological polar surface area (TPSA) is 33.2 Å². The van der Waals surface area contributed by atoms with Crippen molar-refractivity contribution in [1.82, 2.24) is 9.88 Å². The van der Waals surface area contributed by atoms with Crippen LogP contribution in [0.25, 0.3) is 10.9 Å². The lowest BCUT2D eigenvalue weighted by Gasteiger charge is -2.23. The van der Waals surface area contributed by atoms with Gasteiger partial charge in [-0.25, -0.2) is 0 Å². The zero-order valence-electron chi connectivity index (χ0n) is 10.5. The summed E-state index contributed by atoms with van der Waals surface area (Å²) in [5, 5.41) is 1.14. The third-order valence-corrected chi connectivity index (χ3v) is 3.67. The summed E-state index contributed by atoms with van der Waals surface area (Å²) in [6.45, 7) is 2.53. The van der Waals surface area contributed by atoms with Crippen molar-refractivity contribution in [1.29, 1.82) is 0 Å². The lowest BCUT2D eigenvalue weighted by atomic mass is 10.0. The number of benzene rings is 1. The predicted octanol–water partition coefficient (Wildman–Crippen LogP) is 2.92. The Hall–Kier alpha value is -1.90. The average molecular weight is 240 g/mol. The van der Waals surface area contributed by atoms with E-state index in [1.807, 2.05) is 17.0 Å². The van der Waals surface area contributed by atoms with Crippen LogP contribution in [0.4, 0.5) is 0 Å². The van der Waals surface area contributed by atoms with Crippen molar-refractivity contribution in [3.05, 3.63) is 42.1 Å². The number of carbonyl (C=O) groups excluding carboxylic acids is 1. The number of pyridine rings is 1. The molecule has 0 aliphatic carbocycles. The van der Waals surface area contributed by atoms with Crippen molar-refractivity contribution in [3.8, 4) is 0 Å². The zero-order chi connectivity index (χ0) is 12.5. The van der Waals surface area contributed by atoms with Gasteiger partial charge in [-0.15, -0.1) is 0 Å². The number of rotatable bonds is 1. The maximum atomic E-state index is 11.6. The summed E-state index contributed by atoms with van der Waals surface area (Å²) in [4.78, 5) is 17.9. The van der Waals surface area contributed by atoms with Crippen molar-refractivity contribution in [2.45, 2.75) is 25.8 Å². The fraction of sp³-hybridized carbons (Fsp3) is 0.333. The van der Waals surface area contributed by atoms with Crippen LogP contribution in [0.15, 0.2) is 36.5 Å². The predicted molar refractivity (Wildman–Crippen MR) is 71.1 cm³/mol. The molecular weight excluding hydrogens is 224 g/mol. The first-order valence-corrected chi connectivity index (χ1v) is 6.37. The van der Waals surface area contributed by atoms with E-state index < -0.39 is 0 Å². The molecule has 0 saturated carbocycles. The van der Waals surface area contributed by atoms with Crippen LogP contribution in [0.1, 0.15) is 31.4 Å². The Balaban J connectivity index is 2.01. The highest BCUT2D eigenvalue weighted by atomic mass is 16.2. The average Bonchev–Trinajstić information content (AvgIpc) is 2.87. The molecule has 1 atom stereocenters. The van der Waals surface area contributed by atoms with Gasteiger partial charge in [-0.05, 0) is 36.6 Å². The number of fused-ring (bicyclic) bond motifs is 1. The van der Waals surface area contributed by atoms with Crippen LogP contribution in [0.5, 0.6) is 0 Å². The summed E-state index contributed by atoms with van der Waals surface area (Å²) in [6.07, 6.45) is 3.96. The van der Waals surface area contributed by atoms with Gasteiger partial charge in [0.25, 0.3) is 0 Å². The van der Waals surface area contributed by atoms with Crippen LogP contribution < -0.4 is 0 Å². The number of carbonyl (C=O) groups is 1. The van der Waals surface area contributed by atoms with E-state index in [0.717, 1.165) is 30.3 Å². The first kappa shape index (κ1) is 11.2. The molecule has 92 valence electrons. The first-order valence-electron chi connectivity index (χ1n) is 6.37. The number of aromatic nitrogens is 1. The smallest absolute Gasteiger partial charge is 0.219 e. The molecule has 1 fully saturated rings. The number of likely N-dealkylation sites (tertiary alicyclic amines) is 1. The van der Waals surface area contributed by atoms with Gasteiger partial charge in [0.2, 0.25) is 5.91 Å². The van der Waals surface area contributed by atoms with E-state index in [1.165, 1.54) is 5.56 Å². The maximum absolute atomic E-state index is 11.6. The van der Waals surface area contributed by atoms with Crippen molar-refractivity contribution in [2.75, 3.05) is 6.54 Å². The van der Waals surface area contributed by atoms with Gasteiger partial charge in [-0.3, -0.25) is 9.78 Å². The molecule has 18 heavy (non-hydrogen) atoms. The lowest BCUT2D eigenvalue weighted by Crippen LogP contribution is -2.27. The van der Waals surface area contributed by atoms with Crippen LogP contribution >= 0.6 is 0 Å². The van der Waals surface area contributed by atoms with E-state index in [-0.39, 0.29) is 11.9 Å². The minimum absolute atomic E-state index is 0.170. The Morgan fingerprint density at radius 2 is 2.28 bits per heavy atom. The quantitative estimate of drug-likeness (QED) is 0.768. The summed E-state index contributed by atoms with van der Waals surface area (Å²) in [5.41, 5.74) is 2.23. The summed E-state index contributed by atoms with van der Waals surface area (Å²) in [6, 6.07) is 10.6. The van der Waals surface area contributed by atoms with E-state index in [2.05, 4.69) is 23.2 Å². The third kappa shape index (κ3) is 1.86. The fourth-order valence-electron chi connectivity index (χ4n) is 2.79. The van der Waals surface area contributed by atoms with E-state index in [4.69, 9.17) is 0 Å². The molecule has 2 heterocycles. The standard InChI is InChI=1S/C15H16N2O/c1-11(18)17-9-3-5-15(17)13-6-7-14-12(10-13)4-2-8-16-14/h2,4,6-8,10,15H,3,5,9H2,1H3/t15-/m0/s1. The Labute approximate surface area is 106 Å². The van der Waals surface area contributed by atoms with Crippen LogP contribution in [-0.4, -0.2) is 22.3 Å². The number of hydrogen-bond donors (Lipinski definition) is 0. The highest BCUT2D eigenvalue weighted by molar-refractivity contribution is 5.79. The molecule has 0 unspecified atom stereocenters. The van der Waals surface area contributed by atoms with E-state index >= 15 is 0 Å². The Morgan fingerprint density at radius 3 is 3.11 bits per heavy atom. The molecule has 3 nitrogen and oxygen atoms in total. The lowest BCUT2D eigenvalue weighted by molar-refractivity contribution is -0.129. The van der Waals surface area contributed by atoms with E-state index in [9.17, 15) is 4.79 Å². The van der Waals surface area contributed by atoms with Crippen LogP contribution in [0, 0.1) is 0 Å². The van der Waals surface area contributed by atoms with Crippen molar-refractivity contribution in [3.63, 3.8) is 0 Å². The van der Waals surface area contributed by atoms with Crippen LogP contribution in [-0.2, 0) is 4.79 Å². The Bertz CT molecular complexity index is 594. The molecule has 0 spiro atoms. The Kier molecular flexibility index (Phi) is 2.74. The van der Waals surface area contributed by atoms with Gasteiger partial charge < -0.3 is 4.90 Å². The zero-order valence-corrected chi connectivity index (χ0v) is 10.5. The van der Waals surface area contributed by atoms with Gasteiger partial charge in [0.15, 0.2) is 0 Å². The molecule has 3 heteroatoms. The molecule has 1 aliphatic rings. The monoisotopic (exact) mass is 240 g/mol. The normalized spacial score (nSPS) is 19.4. The maximum Gasteiger partial charge on any atom is 0.219 e. The third-order valence-electron chi connectivity index (χ3n) is 3.67. The number of amides is 1. The summed E-state index contributed by atoms with van der Waals surface area (Å²) in [5.74, 6) is 0.170. The van der Waals surface area contributed by atoms with Crippen molar-refractivity contribution in [2.24, 2.45) is 0 Å². The molecule has 1 aromatic heterocycles. The highest BCUT2D eigenvalue weighted by Gasteiger charge is 2.27. The second-order valence-electron chi connectivity index (χ2n) is 4.83. The highest BCUT2D eigenvalue weighted by Crippen LogP contribution is 2.33. The SMILES string of the molecule is CC(=O)N1CCC[C@H]1c1ccc2ncccc2c1. The number of hydrogen-bond acceptors (Lipinski definition) is 2. The molecule has 0 bridgehead atoms. The minimum atomic E-state index is 0.170. The minimum Gasteiger partial charge on any atom is -0.336 e. The molecule has 3 rings (SSSR count). The van der Waals surface area contributed by atoms with Gasteiger partial charge >= 0.3 is 0 Å².